The summed E-state index contributed by atoms with van der Waals surface area (Å²) in [4.78, 5) is 13.6. The fraction of sp³-hybridized carbons (Fsp3) is 0.917. The van der Waals surface area contributed by atoms with E-state index in [0.29, 0.717) is 18.9 Å². The van der Waals surface area contributed by atoms with Gasteiger partial charge in [-0.25, -0.2) is 0 Å². The molecule has 1 aliphatic rings. The van der Waals surface area contributed by atoms with Gasteiger partial charge in [0.05, 0.1) is 19.6 Å². The van der Waals surface area contributed by atoms with Crippen molar-refractivity contribution in [3.63, 3.8) is 0 Å². The van der Waals surface area contributed by atoms with E-state index in [4.69, 9.17) is 4.74 Å². The number of hydrogen-bond acceptors (Lipinski definition) is 4. The van der Waals surface area contributed by atoms with E-state index in [1.54, 1.807) is 0 Å². The Morgan fingerprint density at radius 2 is 2.31 bits per heavy atom. The molecule has 0 radical (unpaired) electrons. The average molecular weight is 229 g/mol. The highest BCUT2D eigenvalue weighted by molar-refractivity contribution is 5.70. The second-order valence-corrected chi connectivity index (χ2v) is 4.61. The minimum atomic E-state index is -0.147. The van der Waals surface area contributed by atoms with Crippen molar-refractivity contribution >= 4 is 5.97 Å². The van der Waals surface area contributed by atoms with Crippen LogP contribution in [0.5, 0.6) is 0 Å². The van der Waals surface area contributed by atoms with Crippen LogP contribution in [0.3, 0.4) is 0 Å². The Bertz CT molecular complexity index is 232. The molecule has 1 N–H and O–H groups in total. The summed E-state index contributed by atoms with van der Waals surface area (Å²) in [6, 6.07) is 0.352. The molecular formula is C12H23NO3. The van der Waals surface area contributed by atoms with Crippen molar-refractivity contribution in [1.82, 2.24) is 4.90 Å². The van der Waals surface area contributed by atoms with E-state index in [1.807, 2.05) is 13.8 Å². The zero-order chi connectivity index (χ0) is 12.1. The predicted octanol–water partition coefficient (Wildman–Crippen LogP) is 1.03. The molecule has 0 spiro atoms. The predicted molar refractivity (Wildman–Crippen MR) is 62.1 cm³/mol. The molecule has 1 aliphatic heterocycles. The van der Waals surface area contributed by atoms with Gasteiger partial charge in [0, 0.05) is 12.1 Å². The molecule has 0 aliphatic carbocycles. The number of aliphatic hydroxyl groups excluding tert-OH is 1. The molecule has 1 saturated heterocycles. The number of likely N-dealkylation sites (tertiary alicyclic amines) is 1. The van der Waals surface area contributed by atoms with Gasteiger partial charge in [-0.1, -0.05) is 6.92 Å². The van der Waals surface area contributed by atoms with Crippen LogP contribution in [0.2, 0.25) is 0 Å². The third-order valence-corrected chi connectivity index (χ3v) is 3.45. The Balaban J connectivity index is 2.47. The van der Waals surface area contributed by atoms with Gasteiger partial charge in [0.2, 0.25) is 0 Å². The maximum absolute atomic E-state index is 11.4. The van der Waals surface area contributed by atoms with Crippen molar-refractivity contribution in [3.05, 3.63) is 0 Å². The second-order valence-electron chi connectivity index (χ2n) is 4.61. The lowest BCUT2D eigenvalue weighted by Crippen LogP contribution is -2.42. The summed E-state index contributed by atoms with van der Waals surface area (Å²) >= 11 is 0. The molecule has 3 unspecified atom stereocenters. The van der Waals surface area contributed by atoms with Crippen LogP contribution in [0.1, 0.15) is 33.6 Å². The number of carbonyl (C=O) groups is 1. The highest BCUT2D eigenvalue weighted by atomic mass is 16.5. The number of aliphatic hydroxyl groups is 1. The van der Waals surface area contributed by atoms with Gasteiger partial charge < -0.3 is 9.84 Å². The first-order valence-electron chi connectivity index (χ1n) is 6.12. The number of ether oxygens (including phenoxy) is 1. The molecule has 0 aromatic carbocycles. The number of rotatable bonds is 5. The lowest BCUT2D eigenvalue weighted by atomic mass is 10.0. The van der Waals surface area contributed by atoms with E-state index < -0.39 is 0 Å². The molecule has 1 heterocycles. The van der Waals surface area contributed by atoms with Crippen LogP contribution in [-0.2, 0) is 9.53 Å². The number of carbonyl (C=O) groups excluding carboxylic acids is 1. The summed E-state index contributed by atoms with van der Waals surface area (Å²) in [5.74, 6) is 0.362. The minimum absolute atomic E-state index is 0.147. The third-order valence-electron chi connectivity index (χ3n) is 3.45. The van der Waals surface area contributed by atoms with E-state index in [-0.39, 0.29) is 24.7 Å². The van der Waals surface area contributed by atoms with Crippen LogP contribution in [0.25, 0.3) is 0 Å². The quantitative estimate of drug-likeness (QED) is 0.715. The fourth-order valence-electron chi connectivity index (χ4n) is 2.45. The smallest absolute Gasteiger partial charge is 0.307 e. The number of hydrogen-bond donors (Lipinski definition) is 1. The highest BCUT2D eigenvalue weighted by Crippen LogP contribution is 2.26. The summed E-state index contributed by atoms with van der Waals surface area (Å²) in [7, 11) is 0. The van der Waals surface area contributed by atoms with Crippen molar-refractivity contribution in [1.29, 1.82) is 0 Å². The fourth-order valence-corrected chi connectivity index (χ4v) is 2.45. The molecule has 1 fully saturated rings. The molecule has 3 atom stereocenters. The van der Waals surface area contributed by atoms with E-state index in [2.05, 4.69) is 11.8 Å². The Morgan fingerprint density at radius 3 is 2.88 bits per heavy atom. The first kappa shape index (κ1) is 13.5. The molecule has 0 aromatic rings. The van der Waals surface area contributed by atoms with E-state index in [0.717, 1.165) is 13.0 Å². The van der Waals surface area contributed by atoms with Gasteiger partial charge in [-0.3, -0.25) is 9.69 Å². The standard InChI is InChI=1S/C12H23NO3/c1-4-16-12(15)7-10(3)13-6-5-9(2)11(13)8-14/h9-11,14H,4-8H2,1-3H3. The Kier molecular flexibility index (Phi) is 5.22. The molecule has 94 valence electrons. The maximum Gasteiger partial charge on any atom is 0.307 e. The van der Waals surface area contributed by atoms with Crippen LogP contribution < -0.4 is 0 Å². The van der Waals surface area contributed by atoms with Gasteiger partial charge >= 0.3 is 5.97 Å². The number of nitrogens with zero attached hydrogens (tertiary/aromatic N) is 1. The highest BCUT2D eigenvalue weighted by Gasteiger charge is 2.34. The first-order valence-corrected chi connectivity index (χ1v) is 6.12. The van der Waals surface area contributed by atoms with Crippen LogP contribution in [-0.4, -0.2) is 47.8 Å². The van der Waals surface area contributed by atoms with Crippen molar-refractivity contribution < 1.29 is 14.6 Å². The van der Waals surface area contributed by atoms with Gasteiger partial charge in [0.25, 0.3) is 0 Å². The van der Waals surface area contributed by atoms with Gasteiger partial charge in [-0.15, -0.1) is 0 Å². The van der Waals surface area contributed by atoms with Crippen LogP contribution >= 0.6 is 0 Å². The molecule has 4 heteroatoms. The average Bonchev–Trinajstić information content (AvgIpc) is 2.59. The van der Waals surface area contributed by atoms with E-state index in [9.17, 15) is 9.90 Å². The SMILES string of the molecule is CCOC(=O)CC(C)N1CCC(C)C1CO. The van der Waals surface area contributed by atoms with Gasteiger partial charge in [-0.2, -0.15) is 0 Å². The molecule has 0 aromatic heterocycles. The summed E-state index contributed by atoms with van der Waals surface area (Å²) in [6.45, 7) is 7.57. The molecule has 0 saturated carbocycles. The molecule has 0 bridgehead atoms. The molecular weight excluding hydrogens is 206 g/mol. The number of esters is 1. The summed E-state index contributed by atoms with van der Waals surface area (Å²) in [5, 5.41) is 9.34. The Labute approximate surface area is 97.6 Å². The van der Waals surface area contributed by atoms with Gasteiger partial charge in [0.15, 0.2) is 0 Å². The lowest BCUT2D eigenvalue weighted by Gasteiger charge is -2.30. The van der Waals surface area contributed by atoms with Gasteiger partial charge in [-0.05, 0) is 32.7 Å². The Morgan fingerprint density at radius 1 is 1.62 bits per heavy atom. The monoisotopic (exact) mass is 229 g/mol. The second kappa shape index (κ2) is 6.21. The van der Waals surface area contributed by atoms with E-state index >= 15 is 0 Å². The molecule has 16 heavy (non-hydrogen) atoms. The van der Waals surface area contributed by atoms with Crippen LogP contribution in [0.4, 0.5) is 0 Å². The third kappa shape index (κ3) is 3.19. The molecule has 4 nitrogen and oxygen atoms in total. The first-order chi connectivity index (χ1) is 7.60. The van der Waals surface area contributed by atoms with Crippen LogP contribution in [0.15, 0.2) is 0 Å². The summed E-state index contributed by atoms with van der Waals surface area (Å²) < 4.78 is 4.94. The van der Waals surface area contributed by atoms with Crippen molar-refractivity contribution in [2.45, 2.75) is 45.7 Å². The largest absolute Gasteiger partial charge is 0.466 e. The zero-order valence-corrected chi connectivity index (χ0v) is 10.5. The normalized spacial score (nSPS) is 28.0. The minimum Gasteiger partial charge on any atom is -0.466 e. The topological polar surface area (TPSA) is 49.8 Å². The zero-order valence-electron chi connectivity index (χ0n) is 10.5. The van der Waals surface area contributed by atoms with E-state index in [1.165, 1.54) is 0 Å². The van der Waals surface area contributed by atoms with Crippen LogP contribution in [0, 0.1) is 5.92 Å². The van der Waals surface area contributed by atoms with Crippen molar-refractivity contribution in [2.24, 2.45) is 5.92 Å². The van der Waals surface area contributed by atoms with Crippen molar-refractivity contribution in [2.75, 3.05) is 19.8 Å². The maximum atomic E-state index is 11.4. The molecule has 1 rings (SSSR count). The Hall–Kier alpha value is -0.610. The van der Waals surface area contributed by atoms with Gasteiger partial charge in [0.1, 0.15) is 0 Å². The molecule has 0 amide bonds. The van der Waals surface area contributed by atoms with Crippen molar-refractivity contribution in [3.8, 4) is 0 Å². The lowest BCUT2D eigenvalue weighted by molar-refractivity contribution is -0.144. The summed E-state index contributed by atoms with van der Waals surface area (Å²) in [5.41, 5.74) is 0. The summed E-state index contributed by atoms with van der Waals surface area (Å²) in [6.07, 6.45) is 1.51.